The van der Waals surface area contributed by atoms with Gasteiger partial charge in [-0.1, -0.05) is 30.3 Å². The molecule has 1 aliphatic rings. The number of carbonyl (C=O) groups is 4. The zero-order valence-corrected chi connectivity index (χ0v) is 22.0. The van der Waals surface area contributed by atoms with Crippen molar-refractivity contribution in [1.82, 2.24) is 10.6 Å². The number of nitrogens with one attached hydrogen (secondary N) is 3. The Balaban J connectivity index is 1.56. The number of anilines is 1. The molecule has 0 saturated carbocycles. The van der Waals surface area contributed by atoms with Gasteiger partial charge in [0.2, 0.25) is 5.91 Å². The fraction of sp³-hybridized carbons (Fsp3) is 0.333. The molecule has 2 aromatic rings. The summed E-state index contributed by atoms with van der Waals surface area (Å²) in [5, 5.41) is 18.9. The SMILES string of the molecule is CC1(C)OC(=O)C(=CN[C@H](CCCCNC(=O)OCc2ccccc2)C(=O)Nc2ccc([N+](=O)[O-])cc2)C(=O)O1. The largest absolute Gasteiger partial charge is 0.445 e. The fourth-order valence-electron chi connectivity index (χ4n) is 3.59. The van der Waals surface area contributed by atoms with Gasteiger partial charge in [-0.3, -0.25) is 14.9 Å². The summed E-state index contributed by atoms with van der Waals surface area (Å²) >= 11 is 0. The van der Waals surface area contributed by atoms with Crippen LogP contribution in [0.15, 0.2) is 66.4 Å². The van der Waals surface area contributed by atoms with Gasteiger partial charge in [-0.25, -0.2) is 14.4 Å². The number of ether oxygens (including phenoxy) is 3. The molecule has 1 aliphatic heterocycles. The standard InChI is InChI=1S/C27H30N4O9/c1-27(2)39-24(33)21(25(34)40-27)16-29-22(23(32)30-19-11-13-20(14-12-19)31(36)37)10-6-7-15-28-26(35)38-17-18-8-4-3-5-9-18/h3-5,8-9,11-14,16,22,29H,6-7,10,15,17H2,1-2H3,(H,28,35)(H,30,32)/t22-/m1/s1. The van der Waals surface area contributed by atoms with Crippen LogP contribution in [-0.2, 0) is 35.2 Å². The van der Waals surface area contributed by atoms with E-state index in [-0.39, 0.29) is 18.7 Å². The minimum absolute atomic E-state index is 0.135. The molecular weight excluding hydrogens is 524 g/mol. The highest BCUT2D eigenvalue weighted by Gasteiger charge is 2.39. The van der Waals surface area contributed by atoms with Crippen molar-refractivity contribution >= 4 is 35.3 Å². The van der Waals surface area contributed by atoms with E-state index in [1.165, 1.54) is 38.1 Å². The summed E-state index contributed by atoms with van der Waals surface area (Å²) < 4.78 is 15.3. The summed E-state index contributed by atoms with van der Waals surface area (Å²) in [7, 11) is 0. The maximum absolute atomic E-state index is 13.0. The molecule has 40 heavy (non-hydrogen) atoms. The van der Waals surface area contributed by atoms with Crippen molar-refractivity contribution in [2.24, 2.45) is 0 Å². The molecule has 3 rings (SSSR count). The third-order valence-electron chi connectivity index (χ3n) is 5.61. The van der Waals surface area contributed by atoms with Gasteiger partial charge >= 0.3 is 18.0 Å². The van der Waals surface area contributed by atoms with E-state index in [1.807, 2.05) is 30.3 Å². The Labute approximate surface area is 230 Å². The molecule has 2 aromatic carbocycles. The molecule has 1 heterocycles. The van der Waals surface area contributed by atoms with Crippen LogP contribution in [-0.4, -0.2) is 47.2 Å². The van der Waals surface area contributed by atoms with Gasteiger partial charge in [-0.05, 0) is 37.0 Å². The number of carbonyl (C=O) groups excluding carboxylic acids is 4. The van der Waals surface area contributed by atoms with Crippen molar-refractivity contribution in [1.29, 1.82) is 0 Å². The van der Waals surface area contributed by atoms with Crippen LogP contribution in [0.2, 0.25) is 0 Å². The molecule has 1 saturated heterocycles. The Kier molecular flexibility index (Phi) is 10.2. The molecule has 13 nitrogen and oxygen atoms in total. The molecule has 2 amide bonds. The maximum atomic E-state index is 13.0. The van der Waals surface area contributed by atoms with Gasteiger partial charge < -0.3 is 30.2 Å². The molecule has 3 N–H and O–H groups in total. The number of benzene rings is 2. The monoisotopic (exact) mass is 554 g/mol. The first kappa shape index (κ1) is 29.6. The fourth-order valence-corrected chi connectivity index (χ4v) is 3.59. The molecule has 1 fully saturated rings. The molecule has 0 aliphatic carbocycles. The average Bonchev–Trinajstić information content (AvgIpc) is 2.90. The molecule has 0 unspecified atom stereocenters. The number of non-ortho nitro benzene ring substituents is 1. The minimum atomic E-state index is -1.41. The molecule has 0 spiro atoms. The number of unbranched alkanes of at least 4 members (excludes halogenated alkanes) is 1. The topological polar surface area (TPSA) is 175 Å². The van der Waals surface area contributed by atoms with Crippen LogP contribution in [0.25, 0.3) is 0 Å². The maximum Gasteiger partial charge on any atom is 0.407 e. The summed E-state index contributed by atoms with van der Waals surface area (Å²) in [6, 6.07) is 13.6. The van der Waals surface area contributed by atoms with E-state index in [0.717, 1.165) is 11.8 Å². The number of nitro groups is 1. The molecule has 0 radical (unpaired) electrons. The number of cyclic esters (lactones) is 2. The first-order chi connectivity index (χ1) is 19.0. The second kappa shape index (κ2) is 13.7. The molecule has 13 heteroatoms. The minimum Gasteiger partial charge on any atom is -0.445 e. The summed E-state index contributed by atoms with van der Waals surface area (Å²) in [4.78, 5) is 59.7. The quantitative estimate of drug-likeness (QED) is 0.0881. The lowest BCUT2D eigenvalue weighted by atomic mass is 10.1. The summed E-state index contributed by atoms with van der Waals surface area (Å²) in [6.07, 6.45) is 1.71. The van der Waals surface area contributed by atoms with Crippen molar-refractivity contribution in [2.75, 3.05) is 11.9 Å². The third-order valence-corrected chi connectivity index (χ3v) is 5.61. The van der Waals surface area contributed by atoms with Gasteiger partial charge in [0, 0.05) is 44.4 Å². The van der Waals surface area contributed by atoms with Crippen LogP contribution < -0.4 is 16.0 Å². The third kappa shape index (κ3) is 9.11. The van der Waals surface area contributed by atoms with E-state index in [4.69, 9.17) is 14.2 Å². The van der Waals surface area contributed by atoms with Crippen LogP contribution in [0.4, 0.5) is 16.2 Å². The highest BCUT2D eigenvalue weighted by molar-refractivity contribution is 6.15. The van der Waals surface area contributed by atoms with Gasteiger partial charge in [0.25, 0.3) is 11.5 Å². The summed E-state index contributed by atoms with van der Waals surface area (Å²) in [5.41, 5.74) is 0.630. The molecular formula is C27H30N4O9. The first-order valence-electron chi connectivity index (χ1n) is 12.5. The van der Waals surface area contributed by atoms with Crippen molar-refractivity contribution in [2.45, 2.75) is 51.5 Å². The smallest absolute Gasteiger partial charge is 0.407 e. The van der Waals surface area contributed by atoms with Crippen molar-refractivity contribution in [3.63, 3.8) is 0 Å². The second-order valence-electron chi connectivity index (χ2n) is 9.23. The second-order valence-corrected chi connectivity index (χ2v) is 9.23. The number of esters is 2. The van der Waals surface area contributed by atoms with E-state index in [1.54, 1.807) is 0 Å². The lowest BCUT2D eigenvalue weighted by Crippen LogP contribution is -2.43. The number of alkyl carbamates (subject to hydrolysis) is 1. The van der Waals surface area contributed by atoms with Crippen molar-refractivity contribution in [3.05, 3.63) is 82.0 Å². The lowest BCUT2D eigenvalue weighted by Gasteiger charge is -2.30. The van der Waals surface area contributed by atoms with Crippen LogP contribution >= 0.6 is 0 Å². The summed E-state index contributed by atoms with van der Waals surface area (Å²) in [5.74, 6) is -3.73. The van der Waals surface area contributed by atoms with E-state index in [9.17, 15) is 29.3 Å². The number of hydrogen-bond donors (Lipinski definition) is 3. The normalized spacial score (nSPS) is 14.7. The number of nitrogens with zero attached hydrogens (tertiary/aromatic N) is 1. The van der Waals surface area contributed by atoms with Crippen LogP contribution in [0.5, 0.6) is 0 Å². The molecule has 212 valence electrons. The summed E-state index contributed by atoms with van der Waals surface area (Å²) in [6.45, 7) is 3.26. The number of hydrogen-bond acceptors (Lipinski definition) is 10. The highest BCUT2D eigenvalue weighted by atomic mass is 16.7. The molecule has 0 bridgehead atoms. The highest BCUT2D eigenvalue weighted by Crippen LogP contribution is 2.22. The Morgan fingerprint density at radius 3 is 2.30 bits per heavy atom. The van der Waals surface area contributed by atoms with Crippen LogP contribution in [0, 0.1) is 10.1 Å². The zero-order valence-electron chi connectivity index (χ0n) is 22.0. The lowest BCUT2D eigenvalue weighted by molar-refractivity contribution is -0.384. The molecule has 0 aromatic heterocycles. The van der Waals surface area contributed by atoms with Gasteiger partial charge in [-0.15, -0.1) is 0 Å². The first-order valence-corrected chi connectivity index (χ1v) is 12.5. The zero-order chi connectivity index (χ0) is 29.1. The van der Waals surface area contributed by atoms with E-state index < -0.39 is 46.3 Å². The van der Waals surface area contributed by atoms with Gasteiger partial charge in [0.15, 0.2) is 5.57 Å². The van der Waals surface area contributed by atoms with Gasteiger partial charge in [-0.2, -0.15) is 0 Å². The average molecular weight is 555 g/mol. The van der Waals surface area contributed by atoms with E-state index >= 15 is 0 Å². The Hall–Kier alpha value is -4.94. The predicted molar refractivity (Wildman–Crippen MR) is 141 cm³/mol. The van der Waals surface area contributed by atoms with E-state index in [0.29, 0.717) is 25.1 Å². The Bertz CT molecular complexity index is 1240. The van der Waals surface area contributed by atoms with Crippen molar-refractivity contribution in [3.8, 4) is 0 Å². The number of nitro benzene ring substituents is 1. The molecule has 1 atom stereocenters. The van der Waals surface area contributed by atoms with Gasteiger partial charge in [0.1, 0.15) is 12.6 Å². The van der Waals surface area contributed by atoms with Crippen molar-refractivity contribution < 1.29 is 38.3 Å². The van der Waals surface area contributed by atoms with Crippen LogP contribution in [0.1, 0.15) is 38.7 Å². The number of amides is 2. The van der Waals surface area contributed by atoms with Crippen LogP contribution in [0.3, 0.4) is 0 Å². The van der Waals surface area contributed by atoms with Gasteiger partial charge in [0.05, 0.1) is 4.92 Å². The van der Waals surface area contributed by atoms with E-state index in [2.05, 4.69) is 16.0 Å². The Morgan fingerprint density at radius 2 is 1.68 bits per heavy atom. The number of rotatable bonds is 12. The Morgan fingerprint density at radius 1 is 1.02 bits per heavy atom. The predicted octanol–water partition coefficient (Wildman–Crippen LogP) is 3.31.